The van der Waals surface area contributed by atoms with Crippen molar-refractivity contribution >= 4 is 5.91 Å². The SMILES string of the molecule is CC1(C(=O)NC2CC=CCC2)CCNCC1. The molecule has 0 radical (unpaired) electrons. The van der Waals surface area contributed by atoms with Crippen LogP contribution >= 0.6 is 0 Å². The second kappa shape index (κ2) is 5.00. The van der Waals surface area contributed by atoms with E-state index in [9.17, 15) is 4.79 Å². The highest BCUT2D eigenvalue weighted by Crippen LogP contribution is 2.28. The van der Waals surface area contributed by atoms with Gasteiger partial charge in [-0.15, -0.1) is 0 Å². The molecule has 1 aliphatic carbocycles. The second-order valence-corrected chi connectivity index (χ2v) is 5.27. The normalized spacial score (nSPS) is 28.7. The van der Waals surface area contributed by atoms with E-state index >= 15 is 0 Å². The van der Waals surface area contributed by atoms with Crippen LogP contribution in [0, 0.1) is 5.41 Å². The van der Waals surface area contributed by atoms with E-state index in [4.69, 9.17) is 0 Å². The summed E-state index contributed by atoms with van der Waals surface area (Å²) in [4.78, 5) is 12.2. The van der Waals surface area contributed by atoms with Crippen molar-refractivity contribution in [3.05, 3.63) is 12.2 Å². The molecular formula is C13H22N2O. The smallest absolute Gasteiger partial charge is 0.226 e. The minimum Gasteiger partial charge on any atom is -0.353 e. The molecule has 0 bridgehead atoms. The van der Waals surface area contributed by atoms with E-state index in [0.717, 1.165) is 45.2 Å². The van der Waals surface area contributed by atoms with Crippen LogP contribution in [0.5, 0.6) is 0 Å². The molecule has 0 spiro atoms. The molecule has 1 aliphatic heterocycles. The zero-order valence-electron chi connectivity index (χ0n) is 10.1. The number of hydrogen-bond acceptors (Lipinski definition) is 2. The lowest BCUT2D eigenvalue weighted by Crippen LogP contribution is -2.48. The maximum Gasteiger partial charge on any atom is 0.226 e. The van der Waals surface area contributed by atoms with E-state index in [1.165, 1.54) is 0 Å². The summed E-state index contributed by atoms with van der Waals surface area (Å²) in [6.07, 6.45) is 9.50. The van der Waals surface area contributed by atoms with Crippen molar-refractivity contribution in [3.8, 4) is 0 Å². The Labute approximate surface area is 97.7 Å². The second-order valence-electron chi connectivity index (χ2n) is 5.27. The Morgan fingerprint density at radius 2 is 2.12 bits per heavy atom. The Bertz CT molecular complexity index is 280. The van der Waals surface area contributed by atoms with Crippen LogP contribution in [0.3, 0.4) is 0 Å². The van der Waals surface area contributed by atoms with Gasteiger partial charge in [0.05, 0.1) is 0 Å². The average molecular weight is 222 g/mol. The molecule has 1 atom stereocenters. The molecule has 1 fully saturated rings. The highest BCUT2D eigenvalue weighted by molar-refractivity contribution is 5.82. The number of hydrogen-bond donors (Lipinski definition) is 2. The van der Waals surface area contributed by atoms with Gasteiger partial charge < -0.3 is 10.6 Å². The zero-order chi connectivity index (χ0) is 11.4. The van der Waals surface area contributed by atoms with E-state index in [2.05, 4.69) is 29.7 Å². The summed E-state index contributed by atoms with van der Waals surface area (Å²) in [5.74, 6) is 0.259. The van der Waals surface area contributed by atoms with Crippen molar-refractivity contribution in [2.24, 2.45) is 5.41 Å². The Morgan fingerprint density at radius 3 is 2.75 bits per heavy atom. The summed E-state index contributed by atoms with van der Waals surface area (Å²) >= 11 is 0. The summed E-state index contributed by atoms with van der Waals surface area (Å²) in [6, 6.07) is 0.365. The van der Waals surface area contributed by atoms with E-state index in [1.807, 2.05) is 0 Å². The third-order valence-corrected chi connectivity index (χ3v) is 3.86. The standard InChI is InChI=1S/C13H22N2O/c1-13(7-9-14-10-8-13)12(16)15-11-5-3-2-4-6-11/h2-3,11,14H,4-10H2,1H3,(H,15,16). The summed E-state index contributed by atoms with van der Waals surface area (Å²) in [5, 5.41) is 6.52. The molecule has 2 rings (SSSR count). The van der Waals surface area contributed by atoms with Gasteiger partial charge in [-0.05, 0) is 45.2 Å². The number of allylic oxidation sites excluding steroid dienone is 1. The maximum absolute atomic E-state index is 12.2. The van der Waals surface area contributed by atoms with Gasteiger partial charge in [-0.2, -0.15) is 0 Å². The third kappa shape index (κ3) is 2.64. The molecule has 1 saturated heterocycles. The lowest BCUT2D eigenvalue weighted by molar-refractivity contribution is -0.132. The van der Waals surface area contributed by atoms with Crippen LogP contribution in [0.1, 0.15) is 39.0 Å². The number of nitrogens with one attached hydrogen (secondary N) is 2. The summed E-state index contributed by atoms with van der Waals surface area (Å²) < 4.78 is 0. The summed E-state index contributed by atoms with van der Waals surface area (Å²) in [5.41, 5.74) is -0.146. The van der Waals surface area contributed by atoms with Gasteiger partial charge in [-0.1, -0.05) is 19.1 Å². The fourth-order valence-electron chi connectivity index (χ4n) is 2.49. The number of amides is 1. The highest BCUT2D eigenvalue weighted by Gasteiger charge is 2.35. The summed E-state index contributed by atoms with van der Waals surface area (Å²) in [6.45, 7) is 4.03. The Kier molecular flexibility index (Phi) is 3.64. The first-order valence-corrected chi connectivity index (χ1v) is 6.37. The van der Waals surface area contributed by atoms with E-state index in [-0.39, 0.29) is 11.3 Å². The number of carbonyl (C=O) groups excluding carboxylic acids is 1. The predicted octanol–water partition coefficient (Wildman–Crippen LogP) is 1.60. The van der Waals surface area contributed by atoms with Gasteiger partial charge in [-0.25, -0.2) is 0 Å². The van der Waals surface area contributed by atoms with Gasteiger partial charge >= 0.3 is 0 Å². The minimum atomic E-state index is -0.146. The maximum atomic E-state index is 12.2. The van der Waals surface area contributed by atoms with Crippen LogP contribution in [0.2, 0.25) is 0 Å². The lowest BCUT2D eigenvalue weighted by Gasteiger charge is -2.34. The van der Waals surface area contributed by atoms with Gasteiger partial charge in [0.2, 0.25) is 5.91 Å². The summed E-state index contributed by atoms with van der Waals surface area (Å²) in [7, 11) is 0. The molecule has 16 heavy (non-hydrogen) atoms. The number of carbonyl (C=O) groups is 1. The topological polar surface area (TPSA) is 41.1 Å². The average Bonchev–Trinajstić information content (AvgIpc) is 2.31. The van der Waals surface area contributed by atoms with Crippen LogP contribution < -0.4 is 10.6 Å². The van der Waals surface area contributed by atoms with Gasteiger partial charge in [-0.3, -0.25) is 4.79 Å². The fourth-order valence-corrected chi connectivity index (χ4v) is 2.49. The fraction of sp³-hybridized carbons (Fsp3) is 0.769. The molecule has 90 valence electrons. The first-order chi connectivity index (χ1) is 7.71. The largest absolute Gasteiger partial charge is 0.353 e. The first-order valence-electron chi connectivity index (χ1n) is 6.37. The predicted molar refractivity (Wildman–Crippen MR) is 65.1 cm³/mol. The monoisotopic (exact) mass is 222 g/mol. The molecule has 3 nitrogen and oxygen atoms in total. The van der Waals surface area contributed by atoms with Crippen molar-refractivity contribution < 1.29 is 4.79 Å². The third-order valence-electron chi connectivity index (χ3n) is 3.86. The molecule has 2 aliphatic rings. The van der Waals surface area contributed by atoms with Gasteiger partial charge in [0.1, 0.15) is 0 Å². The minimum absolute atomic E-state index is 0.146. The van der Waals surface area contributed by atoms with Crippen molar-refractivity contribution in [1.82, 2.24) is 10.6 Å². The lowest BCUT2D eigenvalue weighted by atomic mass is 9.80. The molecule has 1 heterocycles. The molecule has 0 saturated carbocycles. The van der Waals surface area contributed by atoms with Gasteiger partial charge in [0, 0.05) is 11.5 Å². The van der Waals surface area contributed by atoms with Gasteiger partial charge in [0.15, 0.2) is 0 Å². The molecule has 0 aromatic heterocycles. The first kappa shape index (κ1) is 11.6. The van der Waals surface area contributed by atoms with Crippen LogP contribution in [-0.2, 0) is 4.79 Å². The number of rotatable bonds is 2. The molecule has 0 aromatic rings. The van der Waals surface area contributed by atoms with Crippen LogP contribution in [-0.4, -0.2) is 25.0 Å². The Hall–Kier alpha value is -0.830. The molecule has 1 amide bonds. The van der Waals surface area contributed by atoms with Crippen molar-refractivity contribution in [1.29, 1.82) is 0 Å². The van der Waals surface area contributed by atoms with Gasteiger partial charge in [0.25, 0.3) is 0 Å². The van der Waals surface area contributed by atoms with Crippen molar-refractivity contribution in [2.75, 3.05) is 13.1 Å². The number of piperidine rings is 1. The molecule has 3 heteroatoms. The van der Waals surface area contributed by atoms with E-state index in [1.54, 1.807) is 0 Å². The highest BCUT2D eigenvalue weighted by atomic mass is 16.2. The molecule has 1 unspecified atom stereocenters. The Morgan fingerprint density at radius 1 is 1.38 bits per heavy atom. The van der Waals surface area contributed by atoms with Crippen LogP contribution in [0.15, 0.2) is 12.2 Å². The molecule has 2 N–H and O–H groups in total. The van der Waals surface area contributed by atoms with Crippen molar-refractivity contribution in [2.45, 2.75) is 45.1 Å². The molecule has 0 aromatic carbocycles. The molecular weight excluding hydrogens is 200 g/mol. The van der Waals surface area contributed by atoms with E-state index in [0.29, 0.717) is 6.04 Å². The quantitative estimate of drug-likeness (QED) is 0.697. The zero-order valence-corrected chi connectivity index (χ0v) is 10.1. The van der Waals surface area contributed by atoms with Crippen LogP contribution in [0.4, 0.5) is 0 Å². The Balaban J connectivity index is 1.88. The van der Waals surface area contributed by atoms with Crippen LogP contribution in [0.25, 0.3) is 0 Å². The van der Waals surface area contributed by atoms with Crippen molar-refractivity contribution in [3.63, 3.8) is 0 Å². The van der Waals surface area contributed by atoms with E-state index < -0.39 is 0 Å².